The summed E-state index contributed by atoms with van der Waals surface area (Å²) in [4.78, 5) is 19.3. The number of rotatable bonds is 7. The number of aromatic nitrogens is 2. The number of carbonyl (C=O) groups is 1. The minimum Gasteiger partial charge on any atom is -0.383 e. The number of thioether (sulfide) groups is 1. The third-order valence-electron chi connectivity index (χ3n) is 2.27. The Kier molecular flexibility index (Phi) is 6.47. The molecule has 5 nitrogen and oxygen atoms in total. The number of allylic oxidation sites excluding steroid dienone is 2. The van der Waals surface area contributed by atoms with Gasteiger partial charge in [0.15, 0.2) is 10.9 Å². The molecule has 0 unspecified atom stereocenters. The highest BCUT2D eigenvalue weighted by Gasteiger charge is 2.22. The van der Waals surface area contributed by atoms with Crippen LogP contribution in [0.25, 0.3) is 0 Å². The summed E-state index contributed by atoms with van der Waals surface area (Å²) in [5.74, 6) is 0.271. The van der Waals surface area contributed by atoms with Gasteiger partial charge in [-0.05, 0) is 18.8 Å². The second-order valence-corrected chi connectivity index (χ2v) is 4.81. The van der Waals surface area contributed by atoms with E-state index in [-0.39, 0.29) is 12.5 Å². The van der Waals surface area contributed by atoms with E-state index in [1.165, 1.54) is 11.8 Å². The standard InChI is InChI=1S/C12H15F3N4OS/c1-21-11-18-9(16)7-10(19-11)17-6-2-3-8(20)4-5-12(13,14)15/h4-5,7H,2-3,6H2,1H3,(H3,16,17,18,19)/b5-4+. The maximum absolute atomic E-state index is 11.9. The summed E-state index contributed by atoms with van der Waals surface area (Å²) in [6.07, 6.45) is -1.74. The molecule has 0 bridgehead atoms. The van der Waals surface area contributed by atoms with Gasteiger partial charge in [0, 0.05) is 25.1 Å². The number of nitrogen functional groups attached to an aromatic ring is 1. The molecular formula is C12H15F3N4OS. The lowest BCUT2D eigenvalue weighted by Gasteiger charge is -2.06. The van der Waals surface area contributed by atoms with Gasteiger partial charge in [0.2, 0.25) is 0 Å². The van der Waals surface area contributed by atoms with Crippen LogP contribution in [0.2, 0.25) is 0 Å². The van der Waals surface area contributed by atoms with Gasteiger partial charge in [-0.25, -0.2) is 9.97 Å². The quantitative estimate of drug-likeness (QED) is 0.348. The Morgan fingerprint density at radius 3 is 2.81 bits per heavy atom. The first-order valence-corrected chi connectivity index (χ1v) is 7.24. The topological polar surface area (TPSA) is 80.9 Å². The number of anilines is 2. The van der Waals surface area contributed by atoms with Crippen molar-refractivity contribution in [2.45, 2.75) is 24.2 Å². The average molecular weight is 320 g/mol. The molecule has 0 aliphatic rings. The van der Waals surface area contributed by atoms with E-state index in [2.05, 4.69) is 15.3 Å². The molecule has 0 spiro atoms. The molecule has 1 aromatic rings. The second-order valence-electron chi connectivity index (χ2n) is 4.04. The van der Waals surface area contributed by atoms with Crippen LogP contribution in [0.3, 0.4) is 0 Å². The number of hydrogen-bond donors (Lipinski definition) is 2. The summed E-state index contributed by atoms with van der Waals surface area (Å²) in [6, 6.07) is 1.55. The molecular weight excluding hydrogens is 305 g/mol. The lowest BCUT2D eigenvalue weighted by atomic mass is 10.2. The molecule has 21 heavy (non-hydrogen) atoms. The van der Waals surface area contributed by atoms with Crippen LogP contribution in [-0.4, -0.2) is 34.7 Å². The monoisotopic (exact) mass is 320 g/mol. The van der Waals surface area contributed by atoms with Gasteiger partial charge in [0.25, 0.3) is 0 Å². The van der Waals surface area contributed by atoms with E-state index in [9.17, 15) is 18.0 Å². The summed E-state index contributed by atoms with van der Waals surface area (Å²) in [5.41, 5.74) is 5.59. The Morgan fingerprint density at radius 1 is 1.48 bits per heavy atom. The summed E-state index contributed by atoms with van der Waals surface area (Å²) < 4.78 is 35.6. The average Bonchev–Trinajstić information content (AvgIpc) is 2.40. The molecule has 0 radical (unpaired) electrons. The van der Waals surface area contributed by atoms with Crippen molar-refractivity contribution in [1.29, 1.82) is 0 Å². The van der Waals surface area contributed by atoms with Crippen molar-refractivity contribution >= 4 is 29.2 Å². The van der Waals surface area contributed by atoms with Crippen molar-refractivity contribution in [1.82, 2.24) is 9.97 Å². The first-order chi connectivity index (χ1) is 9.80. The van der Waals surface area contributed by atoms with Crippen LogP contribution >= 0.6 is 11.8 Å². The zero-order valence-corrected chi connectivity index (χ0v) is 12.1. The molecule has 0 aliphatic heterocycles. The van der Waals surface area contributed by atoms with Crippen molar-refractivity contribution in [2.24, 2.45) is 0 Å². The van der Waals surface area contributed by atoms with Crippen molar-refractivity contribution in [3.63, 3.8) is 0 Å². The van der Waals surface area contributed by atoms with Crippen LogP contribution in [0, 0.1) is 0 Å². The predicted molar refractivity (Wildman–Crippen MR) is 76.2 cm³/mol. The van der Waals surface area contributed by atoms with Crippen molar-refractivity contribution in [2.75, 3.05) is 23.9 Å². The van der Waals surface area contributed by atoms with E-state index in [0.29, 0.717) is 35.8 Å². The van der Waals surface area contributed by atoms with Gasteiger partial charge < -0.3 is 11.1 Å². The van der Waals surface area contributed by atoms with Gasteiger partial charge in [-0.15, -0.1) is 0 Å². The molecule has 0 amide bonds. The molecule has 0 saturated heterocycles. The second kappa shape index (κ2) is 7.87. The minimum atomic E-state index is -4.46. The molecule has 3 N–H and O–H groups in total. The Labute approximate surface area is 124 Å². The number of carbonyl (C=O) groups excluding carboxylic acids is 1. The fourth-order valence-corrected chi connectivity index (χ4v) is 1.76. The number of nitrogens with zero attached hydrogens (tertiary/aromatic N) is 2. The highest BCUT2D eigenvalue weighted by atomic mass is 32.2. The third-order valence-corrected chi connectivity index (χ3v) is 2.82. The zero-order valence-electron chi connectivity index (χ0n) is 11.3. The van der Waals surface area contributed by atoms with Gasteiger partial charge in [0.1, 0.15) is 11.6 Å². The summed E-state index contributed by atoms with van der Waals surface area (Å²) >= 11 is 1.34. The van der Waals surface area contributed by atoms with Gasteiger partial charge in [0.05, 0.1) is 0 Å². The van der Waals surface area contributed by atoms with Crippen LogP contribution in [0.1, 0.15) is 12.8 Å². The number of nitrogens with one attached hydrogen (secondary N) is 1. The molecule has 116 valence electrons. The van der Waals surface area contributed by atoms with Gasteiger partial charge >= 0.3 is 6.18 Å². The highest BCUT2D eigenvalue weighted by molar-refractivity contribution is 7.98. The smallest absolute Gasteiger partial charge is 0.383 e. The summed E-state index contributed by atoms with van der Waals surface area (Å²) in [5, 5.41) is 3.46. The molecule has 1 aromatic heterocycles. The van der Waals surface area contributed by atoms with E-state index in [1.54, 1.807) is 6.07 Å². The van der Waals surface area contributed by atoms with Gasteiger partial charge in [-0.2, -0.15) is 13.2 Å². The molecule has 0 atom stereocenters. The maximum Gasteiger partial charge on any atom is 0.409 e. The normalized spacial score (nSPS) is 11.8. The molecule has 9 heteroatoms. The van der Waals surface area contributed by atoms with E-state index >= 15 is 0 Å². The number of alkyl halides is 3. The Bertz CT molecular complexity index is 520. The molecule has 1 rings (SSSR count). The Balaban J connectivity index is 2.36. The first-order valence-electron chi connectivity index (χ1n) is 6.01. The lowest BCUT2D eigenvalue weighted by molar-refractivity contribution is -0.115. The SMILES string of the molecule is CSc1nc(N)cc(NCCCC(=O)/C=C/C(F)(F)F)n1. The van der Waals surface area contributed by atoms with Crippen LogP contribution in [0.15, 0.2) is 23.4 Å². The van der Waals surface area contributed by atoms with Crippen LogP contribution in [0.4, 0.5) is 24.8 Å². The van der Waals surface area contributed by atoms with E-state index in [4.69, 9.17) is 5.73 Å². The predicted octanol–water partition coefficient (Wildman–Crippen LogP) is 2.66. The van der Waals surface area contributed by atoms with E-state index in [1.807, 2.05) is 6.26 Å². The largest absolute Gasteiger partial charge is 0.409 e. The molecule has 0 fully saturated rings. The number of hydrogen-bond acceptors (Lipinski definition) is 6. The number of halogens is 3. The van der Waals surface area contributed by atoms with Gasteiger partial charge in [-0.1, -0.05) is 11.8 Å². The third kappa shape index (κ3) is 7.54. The van der Waals surface area contributed by atoms with Gasteiger partial charge in [-0.3, -0.25) is 4.79 Å². The first kappa shape index (κ1) is 17.3. The summed E-state index contributed by atoms with van der Waals surface area (Å²) in [7, 11) is 0. The maximum atomic E-state index is 11.9. The van der Waals surface area contributed by atoms with E-state index < -0.39 is 12.0 Å². The van der Waals surface area contributed by atoms with Crippen molar-refractivity contribution in [3.05, 3.63) is 18.2 Å². The molecule has 0 aromatic carbocycles. The fraction of sp³-hybridized carbons (Fsp3) is 0.417. The molecule has 1 heterocycles. The minimum absolute atomic E-state index is 0.0233. The van der Waals surface area contributed by atoms with Crippen molar-refractivity contribution < 1.29 is 18.0 Å². The van der Waals surface area contributed by atoms with Crippen LogP contribution < -0.4 is 11.1 Å². The number of nitrogens with two attached hydrogens (primary N) is 1. The Morgan fingerprint density at radius 2 is 2.19 bits per heavy atom. The fourth-order valence-electron chi connectivity index (χ4n) is 1.37. The zero-order chi connectivity index (χ0) is 15.9. The van der Waals surface area contributed by atoms with Crippen LogP contribution in [-0.2, 0) is 4.79 Å². The highest BCUT2D eigenvalue weighted by Crippen LogP contribution is 2.16. The van der Waals surface area contributed by atoms with Crippen molar-refractivity contribution in [3.8, 4) is 0 Å². The van der Waals surface area contributed by atoms with Crippen LogP contribution in [0.5, 0.6) is 0 Å². The lowest BCUT2D eigenvalue weighted by Crippen LogP contribution is -2.08. The Hall–Kier alpha value is -1.77. The molecule has 0 aliphatic carbocycles. The molecule has 0 saturated carbocycles. The summed E-state index contributed by atoms with van der Waals surface area (Å²) in [6.45, 7) is 0.399. The van der Waals surface area contributed by atoms with E-state index in [0.717, 1.165) is 0 Å². The number of ketones is 1.